The second-order valence-corrected chi connectivity index (χ2v) is 11.5. The molecule has 8 heteroatoms. The first-order valence-corrected chi connectivity index (χ1v) is 15.7. The number of hydrogen-bond acceptors (Lipinski definition) is 6. The molecule has 224 valence electrons. The molecular formula is C36H36N4O4. The highest BCUT2D eigenvalue weighted by molar-refractivity contribution is 6.34. The van der Waals surface area contributed by atoms with Crippen LogP contribution in [-0.4, -0.2) is 38.7 Å². The minimum absolute atomic E-state index is 0.0871. The Hall–Kier alpha value is -4.85. The van der Waals surface area contributed by atoms with Crippen molar-refractivity contribution in [1.29, 1.82) is 0 Å². The molecule has 0 spiro atoms. The Labute approximate surface area is 254 Å². The molecule has 0 aliphatic heterocycles. The van der Waals surface area contributed by atoms with E-state index in [2.05, 4.69) is 64.7 Å². The van der Waals surface area contributed by atoms with Gasteiger partial charge in [-0.25, -0.2) is 4.98 Å². The Kier molecular flexibility index (Phi) is 7.42. The highest BCUT2D eigenvalue weighted by atomic mass is 16.4. The topological polar surface area (TPSA) is 97.5 Å². The number of furan rings is 1. The third-order valence-electron chi connectivity index (χ3n) is 8.58. The Bertz CT molecular complexity index is 2110. The van der Waals surface area contributed by atoms with E-state index in [4.69, 9.17) is 13.8 Å². The zero-order valence-electron chi connectivity index (χ0n) is 25.2. The van der Waals surface area contributed by atoms with E-state index < -0.39 is 5.97 Å². The van der Waals surface area contributed by atoms with Gasteiger partial charge < -0.3 is 23.4 Å². The maximum Gasteiger partial charge on any atom is 0.303 e. The van der Waals surface area contributed by atoms with Crippen molar-refractivity contribution >= 4 is 66.5 Å². The van der Waals surface area contributed by atoms with Crippen LogP contribution in [0, 0.1) is 0 Å². The molecule has 44 heavy (non-hydrogen) atoms. The van der Waals surface area contributed by atoms with Crippen molar-refractivity contribution in [1.82, 2.24) is 14.5 Å². The standard InChI is InChI=1S/C36H36N4O4/c1-3-5-19-39(20-6-4-2)24-13-14-28-26(22-24)31-30-25-10-7-8-11-27(25)40(21-9-12-29(41)42)33(30)32-35(34(31)43-28)44-36(38-32)23-15-17-37-18-16-23/h7-8,10-11,13-18,22H,3-6,9,12,19-21H2,1-2H3,(H,41,42). The summed E-state index contributed by atoms with van der Waals surface area (Å²) >= 11 is 0. The van der Waals surface area contributed by atoms with Gasteiger partial charge in [0.05, 0.1) is 5.52 Å². The number of carbonyl (C=O) groups is 1. The van der Waals surface area contributed by atoms with E-state index in [0.29, 0.717) is 35.5 Å². The number of hydrogen-bond donors (Lipinski definition) is 1. The summed E-state index contributed by atoms with van der Waals surface area (Å²) in [5.74, 6) is -0.311. The molecule has 8 nitrogen and oxygen atoms in total. The zero-order chi connectivity index (χ0) is 30.2. The lowest BCUT2D eigenvalue weighted by Gasteiger charge is -2.24. The summed E-state index contributed by atoms with van der Waals surface area (Å²) in [4.78, 5) is 23.2. The van der Waals surface area contributed by atoms with E-state index in [1.165, 1.54) is 5.69 Å². The second-order valence-electron chi connectivity index (χ2n) is 11.5. The van der Waals surface area contributed by atoms with Crippen LogP contribution in [0.5, 0.6) is 0 Å². The van der Waals surface area contributed by atoms with Crippen LogP contribution in [0.4, 0.5) is 5.69 Å². The van der Waals surface area contributed by atoms with E-state index in [1.54, 1.807) is 12.4 Å². The number of nitrogens with zero attached hydrogens (tertiary/aromatic N) is 4. The van der Waals surface area contributed by atoms with E-state index in [9.17, 15) is 9.90 Å². The summed E-state index contributed by atoms with van der Waals surface area (Å²) in [5.41, 5.74) is 6.76. The number of benzene rings is 3. The summed E-state index contributed by atoms with van der Waals surface area (Å²) < 4.78 is 15.4. The van der Waals surface area contributed by atoms with Gasteiger partial charge in [0.1, 0.15) is 11.1 Å². The number of rotatable bonds is 12. The first kappa shape index (κ1) is 28.0. The predicted molar refractivity (Wildman–Crippen MR) is 176 cm³/mol. The van der Waals surface area contributed by atoms with Crippen LogP contribution >= 0.6 is 0 Å². The number of pyridine rings is 1. The third kappa shape index (κ3) is 4.75. The third-order valence-corrected chi connectivity index (χ3v) is 8.58. The number of carboxylic acid groups (broad SMARTS) is 1. The number of aromatic nitrogens is 3. The first-order chi connectivity index (χ1) is 21.6. The monoisotopic (exact) mass is 588 g/mol. The number of aryl methyl sites for hydroxylation is 1. The molecule has 0 fully saturated rings. The number of oxazole rings is 1. The van der Waals surface area contributed by atoms with Gasteiger partial charge in [-0.05, 0) is 55.7 Å². The number of para-hydroxylation sites is 1. The van der Waals surface area contributed by atoms with E-state index >= 15 is 0 Å². The molecule has 0 radical (unpaired) electrons. The average Bonchev–Trinajstić information content (AvgIpc) is 3.74. The van der Waals surface area contributed by atoms with Gasteiger partial charge in [0.15, 0.2) is 5.58 Å². The molecule has 3 aromatic carbocycles. The largest absolute Gasteiger partial charge is 0.481 e. The van der Waals surface area contributed by atoms with E-state index in [0.717, 1.165) is 82.5 Å². The van der Waals surface area contributed by atoms with Crippen LogP contribution in [0.25, 0.3) is 66.3 Å². The van der Waals surface area contributed by atoms with Gasteiger partial charge in [-0.1, -0.05) is 44.9 Å². The van der Waals surface area contributed by atoms with E-state index in [-0.39, 0.29) is 6.42 Å². The number of fused-ring (bicyclic) bond motifs is 10. The van der Waals surface area contributed by atoms with Gasteiger partial charge in [-0.15, -0.1) is 0 Å². The normalized spacial score (nSPS) is 12.0. The van der Waals surface area contributed by atoms with Crippen LogP contribution in [-0.2, 0) is 11.3 Å². The molecular weight excluding hydrogens is 552 g/mol. The van der Waals surface area contributed by atoms with Crippen LogP contribution < -0.4 is 4.90 Å². The Morgan fingerprint density at radius 2 is 1.66 bits per heavy atom. The van der Waals surface area contributed by atoms with Crippen molar-refractivity contribution in [2.45, 2.75) is 58.9 Å². The molecule has 0 aliphatic carbocycles. The maximum atomic E-state index is 11.5. The lowest BCUT2D eigenvalue weighted by atomic mass is 10.0. The lowest BCUT2D eigenvalue weighted by molar-refractivity contribution is -0.137. The summed E-state index contributed by atoms with van der Waals surface area (Å²) in [5, 5.41) is 13.6. The highest BCUT2D eigenvalue weighted by Gasteiger charge is 2.26. The minimum Gasteiger partial charge on any atom is -0.481 e. The van der Waals surface area contributed by atoms with Gasteiger partial charge in [0, 0.05) is 76.8 Å². The summed E-state index contributed by atoms with van der Waals surface area (Å²) in [6.07, 6.45) is 8.60. The molecule has 7 aromatic rings. The maximum absolute atomic E-state index is 11.5. The molecule has 0 bridgehead atoms. The zero-order valence-corrected chi connectivity index (χ0v) is 25.2. The second kappa shape index (κ2) is 11.7. The predicted octanol–water partition coefficient (Wildman–Crippen LogP) is 9.17. The molecule has 0 amide bonds. The highest BCUT2D eigenvalue weighted by Crippen LogP contribution is 2.46. The summed E-state index contributed by atoms with van der Waals surface area (Å²) in [6.45, 7) is 7.03. The first-order valence-electron chi connectivity index (χ1n) is 15.7. The Balaban J connectivity index is 1.57. The fourth-order valence-electron chi connectivity index (χ4n) is 6.43. The molecule has 4 aromatic heterocycles. The molecule has 4 heterocycles. The van der Waals surface area contributed by atoms with Crippen LogP contribution in [0.1, 0.15) is 52.4 Å². The average molecular weight is 589 g/mol. The molecule has 0 saturated carbocycles. The molecule has 7 rings (SSSR count). The van der Waals surface area contributed by atoms with Crippen LogP contribution in [0.15, 0.2) is 75.8 Å². The van der Waals surface area contributed by atoms with Crippen LogP contribution in [0.2, 0.25) is 0 Å². The fourth-order valence-corrected chi connectivity index (χ4v) is 6.43. The molecule has 0 saturated heterocycles. The van der Waals surface area contributed by atoms with E-state index in [1.807, 2.05) is 18.2 Å². The molecule has 0 unspecified atom stereocenters. The number of anilines is 1. The van der Waals surface area contributed by atoms with Gasteiger partial charge in [0.2, 0.25) is 11.5 Å². The van der Waals surface area contributed by atoms with Gasteiger partial charge in [0.25, 0.3) is 0 Å². The van der Waals surface area contributed by atoms with Gasteiger partial charge in [-0.2, -0.15) is 0 Å². The quantitative estimate of drug-likeness (QED) is 0.152. The molecule has 1 N–H and O–H groups in total. The molecule has 0 aliphatic rings. The number of unbranched alkanes of at least 4 members (excludes halogenated alkanes) is 2. The number of carboxylic acids is 1. The summed E-state index contributed by atoms with van der Waals surface area (Å²) in [7, 11) is 0. The van der Waals surface area contributed by atoms with Crippen molar-refractivity contribution in [3.8, 4) is 11.5 Å². The smallest absolute Gasteiger partial charge is 0.303 e. The SMILES string of the molecule is CCCCN(CCCC)c1ccc2oc3c4oc(-c5ccncc5)nc4c4c(c5ccccc5n4CCCC(=O)O)c3c2c1. The Morgan fingerprint density at radius 1 is 0.886 bits per heavy atom. The lowest BCUT2D eigenvalue weighted by Crippen LogP contribution is -2.25. The Morgan fingerprint density at radius 3 is 2.41 bits per heavy atom. The minimum atomic E-state index is -0.802. The number of aliphatic carboxylic acids is 1. The summed E-state index contributed by atoms with van der Waals surface area (Å²) in [6, 6.07) is 18.6. The van der Waals surface area contributed by atoms with Gasteiger partial charge in [-0.3, -0.25) is 9.78 Å². The molecule has 0 atom stereocenters. The van der Waals surface area contributed by atoms with Crippen molar-refractivity contribution in [2.24, 2.45) is 0 Å². The van der Waals surface area contributed by atoms with Crippen molar-refractivity contribution in [3.05, 3.63) is 67.0 Å². The van der Waals surface area contributed by atoms with Crippen molar-refractivity contribution < 1.29 is 18.7 Å². The van der Waals surface area contributed by atoms with Crippen molar-refractivity contribution in [3.63, 3.8) is 0 Å². The van der Waals surface area contributed by atoms with Gasteiger partial charge >= 0.3 is 5.97 Å². The van der Waals surface area contributed by atoms with Crippen LogP contribution in [0.3, 0.4) is 0 Å². The van der Waals surface area contributed by atoms with Crippen molar-refractivity contribution in [2.75, 3.05) is 18.0 Å². The fraction of sp³-hybridized carbons (Fsp3) is 0.306.